The summed E-state index contributed by atoms with van der Waals surface area (Å²) in [6.07, 6.45) is -1.95. The number of rotatable bonds is 7. The van der Waals surface area contributed by atoms with Crippen molar-refractivity contribution in [2.24, 2.45) is 0 Å². The Morgan fingerprint density at radius 2 is 1.74 bits per heavy atom. The van der Waals surface area contributed by atoms with Crippen LogP contribution >= 0.6 is 0 Å². The molecular weight excluding hydrogens is 618 g/mol. The third kappa shape index (κ3) is 7.51. The summed E-state index contributed by atoms with van der Waals surface area (Å²) in [6.45, 7) is 5.58. The zero-order chi connectivity index (χ0) is 34.0. The summed E-state index contributed by atoms with van der Waals surface area (Å²) in [5.41, 5.74) is -1.06. The van der Waals surface area contributed by atoms with Crippen LogP contribution in [0.25, 0.3) is 5.57 Å². The van der Waals surface area contributed by atoms with E-state index in [9.17, 15) is 27.6 Å². The van der Waals surface area contributed by atoms with Gasteiger partial charge in [0.15, 0.2) is 0 Å². The van der Waals surface area contributed by atoms with Crippen molar-refractivity contribution in [2.75, 3.05) is 50.6 Å². The van der Waals surface area contributed by atoms with Crippen molar-refractivity contribution in [3.63, 3.8) is 0 Å². The van der Waals surface area contributed by atoms with Crippen LogP contribution in [0, 0.1) is 5.82 Å². The van der Waals surface area contributed by atoms with Gasteiger partial charge in [-0.3, -0.25) is 19.3 Å². The lowest BCUT2D eigenvalue weighted by molar-refractivity contribution is -0.138. The van der Waals surface area contributed by atoms with E-state index in [0.29, 0.717) is 49.1 Å². The van der Waals surface area contributed by atoms with E-state index < -0.39 is 34.6 Å². The minimum absolute atomic E-state index is 0.0727. The number of hydrogen-bond donors (Lipinski definition) is 2. The topological polar surface area (TPSA) is 98.0 Å². The molecule has 3 heterocycles. The van der Waals surface area contributed by atoms with Crippen molar-refractivity contribution < 1.29 is 31.9 Å². The number of anilines is 2. The first kappa shape index (κ1) is 33.7. The molecule has 0 bridgehead atoms. The molecule has 3 aromatic rings. The van der Waals surface area contributed by atoms with E-state index in [1.165, 1.54) is 12.1 Å². The summed E-state index contributed by atoms with van der Waals surface area (Å²) in [4.78, 5) is 45.9. The van der Waals surface area contributed by atoms with Crippen LogP contribution in [0.15, 0.2) is 59.5 Å². The molecule has 0 unspecified atom stereocenters. The second-order valence-corrected chi connectivity index (χ2v) is 12.0. The molecule has 0 saturated carbocycles. The lowest BCUT2D eigenvalue weighted by Crippen LogP contribution is -2.55. The fraction of sp³-hybridized carbons (Fsp3) is 0.382. The summed E-state index contributed by atoms with van der Waals surface area (Å²) in [7, 11) is 3.54. The molecule has 1 saturated heterocycles. The van der Waals surface area contributed by atoms with Gasteiger partial charge in [-0.2, -0.15) is 13.2 Å². The van der Waals surface area contributed by atoms with Gasteiger partial charge in [0.05, 0.1) is 36.0 Å². The fourth-order valence-corrected chi connectivity index (χ4v) is 6.03. The maximum Gasteiger partial charge on any atom is 0.417 e. The maximum absolute atomic E-state index is 15.9. The second-order valence-electron chi connectivity index (χ2n) is 12.0. The number of hydrogen-bond acceptors (Lipinski definition) is 6. The first-order valence-electron chi connectivity index (χ1n) is 15.3. The average Bonchev–Trinajstić information content (AvgIpc) is 3.04. The van der Waals surface area contributed by atoms with E-state index >= 15 is 4.39 Å². The lowest BCUT2D eigenvalue weighted by Gasteiger charge is -2.44. The highest BCUT2D eigenvalue weighted by atomic mass is 19.4. The fourth-order valence-electron chi connectivity index (χ4n) is 6.03. The second kappa shape index (κ2) is 13.6. The maximum atomic E-state index is 15.9. The summed E-state index contributed by atoms with van der Waals surface area (Å²) in [5.74, 6) is -1.06. The van der Waals surface area contributed by atoms with Gasteiger partial charge in [0, 0.05) is 56.1 Å². The number of benzene rings is 2. The molecule has 2 aromatic carbocycles. The molecule has 9 nitrogen and oxygen atoms in total. The van der Waals surface area contributed by atoms with Crippen LogP contribution in [0.4, 0.5) is 28.9 Å². The molecule has 5 rings (SSSR count). The molecule has 2 atom stereocenters. The number of pyridine rings is 1. The molecule has 1 aromatic heterocycles. The number of amides is 2. The summed E-state index contributed by atoms with van der Waals surface area (Å²) in [6, 6.07) is 10.4. The zero-order valence-corrected chi connectivity index (χ0v) is 26.6. The van der Waals surface area contributed by atoms with Crippen molar-refractivity contribution in [2.45, 2.75) is 44.9 Å². The van der Waals surface area contributed by atoms with Gasteiger partial charge < -0.3 is 24.8 Å². The number of likely N-dealkylation sites (N-methyl/N-ethyl adjacent to an activating group) is 1. The van der Waals surface area contributed by atoms with Gasteiger partial charge in [0.1, 0.15) is 11.6 Å². The average molecular weight is 656 g/mol. The number of aromatic amines is 1. The monoisotopic (exact) mass is 655 g/mol. The van der Waals surface area contributed by atoms with E-state index in [1.54, 1.807) is 30.2 Å². The minimum Gasteiger partial charge on any atom is -0.497 e. The highest BCUT2D eigenvalue weighted by molar-refractivity contribution is 6.07. The summed E-state index contributed by atoms with van der Waals surface area (Å²) < 4.78 is 62.4. The molecule has 2 aliphatic rings. The predicted octanol–water partition coefficient (Wildman–Crippen LogP) is 5.18. The van der Waals surface area contributed by atoms with Crippen molar-refractivity contribution >= 4 is 28.8 Å². The number of carbonyl (C=O) groups excluding carboxylic acids is 2. The predicted molar refractivity (Wildman–Crippen MR) is 171 cm³/mol. The van der Waals surface area contributed by atoms with Crippen molar-refractivity contribution in [1.82, 2.24) is 14.8 Å². The van der Waals surface area contributed by atoms with Crippen molar-refractivity contribution in [3.8, 4) is 5.75 Å². The Labute approximate surface area is 269 Å². The molecule has 13 heteroatoms. The highest BCUT2D eigenvalue weighted by Gasteiger charge is 2.36. The van der Waals surface area contributed by atoms with Crippen LogP contribution in [0.5, 0.6) is 5.75 Å². The summed E-state index contributed by atoms with van der Waals surface area (Å²) in [5, 5.41) is 2.58. The van der Waals surface area contributed by atoms with Gasteiger partial charge in [0.2, 0.25) is 11.5 Å². The molecule has 250 valence electrons. The van der Waals surface area contributed by atoms with Gasteiger partial charge in [0.25, 0.3) is 5.91 Å². The van der Waals surface area contributed by atoms with Crippen LogP contribution < -0.4 is 20.5 Å². The van der Waals surface area contributed by atoms with Gasteiger partial charge in [-0.1, -0.05) is 18.2 Å². The van der Waals surface area contributed by atoms with Crippen LogP contribution in [0.1, 0.15) is 47.3 Å². The Kier molecular flexibility index (Phi) is 9.76. The van der Waals surface area contributed by atoms with Crippen LogP contribution in [0.3, 0.4) is 0 Å². The third-order valence-electron chi connectivity index (χ3n) is 8.93. The normalized spacial score (nSPS) is 18.9. The molecule has 2 amide bonds. The minimum atomic E-state index is -4.95. The van der Waals surface area contributed by atoms with E-state index in [4.69, 9.17) is 4.74 Å². The molecule has 0 spiro atoms. The molecule has 0 radical (unpaired) electrons. The largest absolute Gasteiger partial charge is 0.497 e. The number of ether oxygens (including phenoxy) is 1. The van der Waals surface area contributed by atoms with Crippen LogP contribution in [-0.2, 0) is 17.4 Å². The Morgan fingerprint density at radius 3 is 2.34 bits per heavy atom. The Bertz CT molecular complexity index is 1730. The zero-order valence-electron chi connectivity index (χ0n) is 26.6. The smallest absolute Gasteiger partial charge is 0.417 e. The van der Waals surface area contributed by atoms with Gasteiger partial charge >= 0.3 is 6.18 Å². The number of aromatic nitrogens is 1. The number of alkyl halides is 3. The Balaban J connectivity index is 1.45. The van der Waals surface area contributed by atoms with E-state index in [0.717, 1.165) is 11.8 Å². The number of nitrogens with one attached hydrogen (secondary N) is 2. The lowest BCUT2D eigenvalue weighted by atomic mass is 9.96. The number of piperazine rings is 1. The SMILES string of the molecule is COc1ccc(CC(=O)N2CC=C(c3cc(NC(=O)c4c[nH]c(=O)cc4C(F)(F)F)c(N4C[C@@H](C)N(C)[C@@H](C)C4)cc3F)CC2)cc1. The molecule has 47 heavy (non-hydrogen) atoms. The number of carbonyl (C=O) groups is 2. The van der Waals surface area contributed by atoms with Crippen LogP contribution in [-0.4, -0.2) is 79.0 Å². The molecule has 1 fully saturated rings. The van der Waals surface area contributed by atoms with E-state index in [1.807, 2.05) is 37.9 Å². The van der Waals surface area contributed by atoms with Gasteiger partial charge in [-0.15, -0.1) is 0 Å². The quantitative estimate of drug-likeness (QED) is 0.341. The highest BCUT2D eigenvalue weighted by Crippen LogP contribution is 2.37. The first-order valence-corrected chi connectivity index (χ1v) is 15.3. The van der Waals surface area contributed by atoms with Crippen LogP contribution in [0.2, 0.25) is 0 Å². The molecular formula is C34H37F4N5O4. The Morgan fingerprint density at radius 1 is 1.06 bits per heavy atom. The Hall–Kier alpha value is -4.65. The first-order chi connectivity index (χ1) is 22.2. The van der Waals surface area contributed by atoms with Crippen molar-refractivity contribution in [1.29, 1.82) is 0 Å². The molecule has 2 N–H and O–H groups in total. The standard InChI is InChI=1S/C34H37F4N5O4/c1-20-18-43(19-21(2)41(20)3)30-16-28(35)25(14-29(30)40-33(46)26-17-39-31(44)15-27(26)34(36,37)38)23-9-11-42(12-10-23)32(45)13-22-5-7-24(47-4)8-6-22/h5-9,14-17,20-21H,10-13,18-19H2,1-4H3,(H,39,44)(H,40,46)/t20-,21+. The van der Waals surface area contributed by atoms with Crippen molar-refractivity contribution in [3.05, 3.63) is 93.2 Å². The molecule has 0 aliphatic carbocycles. The number of nitrogens with zero attached hydrogens (tertiary/aromatic N) is 3. The number of halogens is 4. The van der Waals surface area contributed by atoms with Gasteiger partial charge in [-0.25, -0.2) is 4.39 Å². The molecule has 2 aliphatic heterocycles. The van der Waals surface area contributed by atoms with E-state index in [-0.39, 0.29) is 42.2 Å². The third-order valence-corrected chi connectivity index (χ3v) is 8.93. The summed E-state index contributed by atoms with van der Waals surface area (Å²) >= 11 is 0. The number of methoxy groups -OCH3 is 1. The van der Waals surface area contributed by atoms with E-state index in [2.05, 4.69) is 15.2 Å². The number of H-pyrrole nitrogens is 1. The van der Waals surface area contributed by atoms with Gasteiger partial charge in [-0.05, 0) is 62.7 Å².